The quantitative estimate of drug-likeness (QED) is 0.513. The maximum Gasteiger partial charge on any atom is 0.260 e. The smallest absolute Gasteiger partial charge is 0.260 e. The highest BCUT2D eigenvalue weighted by atomic mass is 32.2. The van der Waals surface area contributed by atoms with E-state index in [2.05, 4.69) is 27.3 Å². The lowest BCUT2D eigenvalue weighted by atomic mass is 10.4. The number of rotatable bonds is 9. The molecule has 0 aromatic carbocycles. The Hall–Kier alpha value is -1.45. The summed E-state index contributed by atoms with van der Waals surface area (Å²) < 4.78 is 27.7. The minimum Gasteiger partial charge on any atom is -0.354 e. The third-order valence-corrected chi connectivity index (χ3v) is 4.11. The summed E-state index contributed by atoms with van der Waals surface area (Å²) in [6.07, 6.45) is 2.43. The van der Waals surface area contributed by atoms with Gasteiger partial charge in [0.1, 0.15) is 5.82 Å². The van der Waals surface area contributed by atoms with Gasteiger partial charge < -0.3 is 15.2 Å². The summed E-state index contributed by atoms with van der Waals surface area (Å²) >= 11 is 0. The topological polar surface area (TPSA) is 105 Å². The van der Waals surface area contributed by atoms with Gasteiger partial charge in [0.15, 0.2) is 5.03 Å². The van der Waals surface area contributed by atoms with Crippen molar-refractivity contribution in [3.8, 4) is 0 Å². The summed E-state index contributed by atoms with van der Waals surface area (Å²) in [4.78, 5) is 15.5. The summed E-state index contributed by atoms with van der Waals surface area (Å²) in [5.74, 6) is 0.214. The van der Waals surface area contributed by atoms with Crippen LogP contribution in [0.5, 0.6) is 0 Å². The number of amides is 1. The minimum absolute atomic E-state index is 0.0834. The molecule has 0 unspecified atom stereocenters. The third-order valence-electron chi connectivity index (χ3n) is 2.84. The molecule has 3 N–H and O–H groups in total. The van der Waals surface area contributed by atoms with Crippen LogP contribution in [-0.4, -0.2) is 50.1 Å². The van der Waals surface area contributed by atoms with Gasteiger partial charge in [-0.2, -0.15) is 0 Å². The second kappa shape index (κ2) is 8.11. The summed E-state index contributed by atoms with van der Waals surface area (Å²) in [6, 6.07) is 0. The van der Waals surface area contributed by atoms with Crippen LogP contribution in [0.1, 0.15) is 19.2 Å². The van der Waals surface area contributed by atoms with E-state index in [4.69, 9.17) is 0 Å². The molecule has 0 spiro atoms. The highest BCUT2D eigenvalue weighted by Gasteiger charge is 2.19. The van der Waals surface area contributed by atoms with E-state index >= 15 is 0 Å². The fraction of sp³-hybridized carbons (Fsp3) is 0.667. The van der Waals surface area contributed by atoms with Gasteiger partial charge in [-0.3, -0.25) is 4.79 Å². The Morgan fingerprint density at radius 3 is 2.62 bits per heavy atom. The number of hydrogen-bond acceptors (Lipinski definition) is 5. The van der Waals surface area contributed by atoms with Crippen molar-refractivity contribution in [3.63, 3.8) is 0 Å². The van der Waals surface area contributed by atoms with E-state index in [1.165, 1.54) is 6.20 Å². The van der Waals surface area contributed by atoms with Gasteiger partial charge in [0, 0.05) is 26.3 Å². The van der Waals surface area contributed by atoms with Crippen LogP contribution in [0.2, 0.25) is 0 Å². The normalized spacial score (nSPS) is 11.6. The van der Waals surface area contributed by atoms with Crippen LogP contribution < -0.4 is 15.4 Å². The van der Waals surface area contributed by atoms with Gasteiger partial charge in [-0.1, -0.05) is 6.92 Å². The molecule has 0 aliphatic rings. The van der Waals surface area contributed by atoms with Crippen LogP contribution in [0.3, 0.4) is 0 Å². The molecule has 1 aromatic heterocycles. The number of nitrogens with one attached hydrogen (secondary N) is 3. The SMILES string of the molecule is CCCNCCNC(=O)CNS(=O)(=O)c1cn(C)c(C)n1. The van der Waals surface area contributed by atoms with Gasteiger partial charge in [-0.15, -0.1) is 0 Å². The molecule has 0 fully saturated rings. The molecule has 0 aliphatic carbocycles. The second-order valence-corrected chi connectivity index (χ2v) is 6.38. The molecule has 1 aromatic rings. The maximum atomic E-state index is 11.9. The standard InChI is InChI=1S/C12H23N5O3S/c1-4-5-13-6-7-14-11(18)8-15-21(19,20)12-9-17(3)10(2)16-12/h9,13,15H,4-8H2,1-3H3,(H,14,18). The summed E-state index contributed by atoms with van der Waals surface area (Å²) in [6.45, 7) is 5.47. The van der Waals surface area contributed by atoms with E-state index in [0.717, 1.165) is 13.0 Å². The largest absolute Gasteiger partial charge is 0.354 e. The molecule has 21 heavy (non-hydrogen) atoms. The second-order valence-electron chi connectivity index (χ2n) is 4.66. The summed E-state index contributed by atoms with van der Waals surface area (Å²) in [5, 5.41) is 5.68. The Labute approximate surface area is 125 Å². The molecule has 1 heterocycles. The van der Waals surface area contributed by atoms with Crippen LogP contribution in [-0.2, 0) is 21.9 Å². The molecule has 0 saturated carbocycles. The molecule has 0 bridgehead atoms. The molecule has 120 valence electrons. The zero-order chi connectivity index (χ0) is 15.9. The highest BCUT2D eigenvalue weighted by molar-refractivity contribution is 7.89. The van der Waals surface area contributed by atoms with Crippen LogP contribution in [0.4, 0.5) is 0 Å². The third kappa shape index (κ3) is 5.82. The van der Waals surface area contributed by atoms with Crippen LogP contribution >= 0.6 is 0 Å². The van der Waals surface area contributed by atoms with Gasteiger partial charge in [-0.25, -0.2) is 18.1 Å². The molecule has 0 atom stereocenters. The fourth-order valence-electron chi connectivity index (χ4n) is 1.54. The predicted octanol–water partition coefficient (Wildman–Crippen LogP) is -0.877. The number of hydrogen-bond donors (Lipinski definition) is 3. The molecule has 0 saturated heterocycles. The Bertz CT molecular complexity index is 548. The summed E-state index contributed by atoms with van der Waals surface area (Å²) in [7, 11) is -2.05. The average molecular weight is 317 g/mol. The van der Waals surface area contributed by atoms with Crippen molar-refractivity contribution >= 4 is 15.9 Å². The molecule has 9 heteroatoms. The first-order chi connectivity index (χ1) is 9.86. The lowest BCUT2D eigenvalue weighted by molar-refractivity contribution is -0.119. The van der Waals surface area contributed by atoms with Crippen molar-refractivity contribution in [1.82, 2.24) is 24.9 Å². The predicted molar refractivity (Wildman–Crippen MR) is 79.3 cm³/mol. The number of imidazole rings is 1. The van der Waals surface area contributed by atoms with Crippen molar-refractivity contribution in [2.45, 2.75) is 25.3 Å². The summed E-state index contributed by atoms with van der Waals surface area (Å²) in [5.41, 5.74) is 0. The van der Waals surface area contributed by atoms with Crippen molar-refractivity contribution in [2.24, 2.45) is 7.05 Å². The minimum atomic E-state index is -3.75. The first kappa shape index (κ1) is 17.6. The fourth-order valence-corrected chi connectivity index (χ4v) is 2.56. The Morgan fingerprint density at radius 1 is 1.33 bits per heavy atom. The number of carbonyl (C=O) groups is 1. The Morgan fingerprint density at radius 2 is 2.05 bits per heavy atom. The van der Waals surface area contributed by atoms with Crippen molar-refractivity contribution < 1.29 is 13.2 Å². The molecular weight excluding hydrogens is 294 g/mol. The monoisotopic (exact) mass is 317 g/mol. The van der Waals surface area contributed by atoms with Gasteiger partial charge in [0.25, 0.3) is 10.0 Å². The average Bonchev–Trinajstić information content (AvgIpc) is 2.77. The molecule has 0 aliphatic heterocycles. The molecule has 1 amide bonds. The van der Waals surface area contributed by atoms with Crippen LogP contribution in [0, 0.1) is 6.92 Å². The molecule has 1 rings (SSSR count). The molecule has 8 nitrogen and oxygen atoms in total. The first-order valence-corrected chi connectivity index (χ1v) is 8.32. The zero-order valence-corrected chi connectivity index (χ0v) is 13.5. The van der Waals surface area contributed by atoms with Crippen molar-refractivity contribution in [1.29, 1.82) is 0 Å². The Balaban J connectivity index is 2.38. The number of aryl methyl sites for hydroxylation is 2. The number of aromatic nitrogens is 2. The molecular formula is C12H23N5O3S. The lowest BCUT2D eigenvalue weighted by Gasteiger charge is -2.07. The van der Waals surface area contributed by atoms with Crippen LogP contribution in [0.25, 0.3) is 0 Å². The van der Waals surface area contributed by atoms with Gasteiger partial charge >= 0.3 is 0 Å². The van der Waals surface area contributed by atoms with Gasteiger partial charge in [0.2, 0.25) is 5.91 Å². The van der Waals surface area contributed by atoms with E-state index in [1.54, 1.807) is 18.5 Å². The molecule has 0 radical (unpaired) electrons. The van der Waals surface area contributed by atoms with E-state index in [0.29, 0.717) is 18.9 Å². The first-order valence-electron chi connectivity index (χ1n) is 6.84. The zero-order valence-electron chi connectivity index (χ0n) is 12.6. The number of carbonyl (C=O) groups excluding carboxylic acids is 1. The van der Waals surface area contributed by atoms with E-state index in [-0.39, 0.29) is 17.5 Å². The van der Waals surface area contributed by atoms with Crippen LogP contribution in [0.15, 0.2) is 11.2 Å². The highest BCUT2D eigenvalue weighted by Crippen LogP contribution is 2.06. The van der Waals surface area contributed by atoms with E-state index in [1.807, 2.05) is 0 Å². The lowest BCUT2D eigenvalue weighted by Crippen LogP contribution is -2.39. The van der Waals surface area contributed by atoms with Gasteiger partial charge in [0.05, 0.1) is 6.54 Å². The van der Waals surface area contributed by atoms with E-state index in [9.17, 15) is 13.2 Å². The maximum absolute atomic E-state index is 11.9. The van der Waals surface area contributed by atoms with Crippen molar-refractivity contribution in [3.05, 3.63) is 12.0 Å². The number of sulfonamides is 1. The Kier molecular flexibility index (Phi) is 6.79. The van der Waals surface area contributed by atoms with Gasteiger partial charge in [-0.05, 0) is 19.9 Å². The van der Waals surface area contributed by atoms with E-state index < -0.39 is 10.0 Å². The van der Waals surface area contributed by atoms with Crippen molar-refractivity contribution in [2.75, 3.05) is 26.2 Å². The number of nitrogens with zero attached hydrogens (tertiary/aromatic N) is 2.